The van der Waals surface area contributed by atoms with E-state index in [9.17, 15) is 9.59 Å². The average Bonchev–Trinajstić information content (AvgIpc) is 2.52. The van der Waals surface area contributed by atoms with Crippen LogP contribution in [-0.2, 0) is 16.1 Å². The van der Waals surface area contributed by atoms with Crippen LogP contribution in [0.4, 0.5) is 5.69 Å². The van der Waals surface area contributed by atoms with Gasteiger partial charge in [0.15, 0.2) is 6.61 Å². The van der Waals surface area contributed by atoms with Gasteiger partial charge in [-0.05, 0) is 23.8 Å². The molecule has 2 amide bonds. The van der Waals surface area contributed by atoms with Crippen molar-refractivity contribution in [2.24, 2.45) is 0 Å². The summed E-state index contributed by atoms with van der Waals surface area (Å²) in [5.74, 6) is 0.0821. The number of hydrogen-bond donors (Lipinski definition) is 2. The van der Waals surface area contributed by atoms with E-state index >= 15 is 0 Å². The molecule has 0 saturated heterocycles. The second-order valence-corrected chi connectivity index (χ2v) is 5.27. The molecule has 0 unspecified atom stereocenters. The third-order valence-corrected chi connectivity index (χ3v) is 3.33. The molecule has 2 aromatic rings. The van der Waals surface area contributed by atoms with E-state index < -0.39 is 0 Å². The SMILES string of the molecule is CC(=O)Nc1cccc(OCC(=O)NCc2ccccc2Cl)c1. The van der Waals surface area contributed by atoms with Gasteiger partial charge in [-0.15, -0.1) is 0 Å². The van der Waals surface area contributed by atoms with Gasteiger partial charge in [-0.1, -0.05) is 35.9 Å². The van der Waals surface area contributed by atoms with E-state index in [4.69, 9.17) is 16.3 Å². The Bertz CT molecular complexity index is 704. The van der Waals surface area contributed by atoms with Crippen LogP contribution in [0.2, 0.25) is 5.02 Å². The molecule has 0 spiro atoms. The smallest absolute Gasteiger partial charge is 0.258 e. The van der Waals surface area contributed by atoms with Gasteiger partial charge >= 0.3 is 0 Å². The predicted octanol–water partition coefficient (Wildman–Crippen LogP) is 2.99. The first-order valence-electron chi connectivity index (χ1n) is 7.05. The quantitative estimate of drug-likeness (QED) is 0.854. The van der Waals surface area contributed by atoms with Gasteiger partial charge in [-0.25, -0.2) is 0 Å². The van der Waals surface area contributed by atoms with E-state index in [-0.39, 0.29) is 18.4 Å². The maximum Gasteiger partial charge on any atom is 0.258 e. The van der Waals surface area contributed by atoms with Crippen molar-refractivity contribution in [3.63, 3.8) is 0 Å². The molecule has 0 aromatic heterocycles. The Morgan fingerprint density at radius 1 is 1.13 bits per heavy atom. The third-order valence-electron chi connectivity index (χ3n) is 2.96. The van der Waals surface area contributed by atoms with Crippen molar-refractivity contribution in [1.82, 2.24) is 5.32 Å². The van der Waals surface area contributed by atoms with Crippen molar-refractivity contribution >= 4 is 29.1 Å². The highest BCUT2D eigenvalue weighted by Crippen LogP contribution is 2.17. The summed E-state index contributed by atoms with van der Waals surface area (Å²) in [4.78, 5) is 22.8. The number of amides is 2. The van der Waals surface area contributed by atoms with Gasteiger partial charge < -0.3 is 15.4 Å². The van der Waals surface area contributed by atoms with Crippen LogP contribution in [0, 0.1) is 0 Å². The van der Waals surface area contributed by atoms with Crippen LogP contribution in [-0.4, -0.2) is 18.4 Å². The molecule has 2 rings (SSSR count). The van der Waals surface area contributed by atoms with E-state index in [1.807, 2.05) is 18.2 Å². The van der Waals surface area contributed by atoms with E-state index in [0.29, 0.717) is 23.0 Å². The summed E-state index contributed by atoms with van der Waals surface area (Å²) in [5.41, 5.74) is 1.46. The van der Waals surface area contributed by atoms with Crippen LogP contribution in [0.1, 0.15) is 12.5 Å². The lowest BCUT2D eigenvalue weighted by molar-refractivity contribution is -0.123. The number of anilines is 1. The summed E-state index contributed by atoms with van der Waals surface area (Å²) < 4.78 is 5.41. The minimum atomic E-state index is -0.255. The molecule has 120 valence electrons. The molecule has 0 fully saturated rings. The fourth-order valence-corrected chi connectivity index (χ4v) is 2.10. The molecule has 0 saturated carbocycles. The van der Waals surface area contributed by atoms with Crippen LogP contribution in [0.5, 0.6) is 5.75 Å². The number of benzene rings is 2. The molecule has 5 nitrogen and oxygen atoms in total. The molecule has 0 atom stereocenters. The number of carbonyl (C=O) groups excluding carboxylic acids is 2. The van der Waals surface area contributed by atoms with Gasteiger partial charge in [0.1, 0.15) is 5.75 Å². The number of ether oxygens (including phenoxy) is 1. The van der Waals surface area contributed by atoms with E-state index in [0.717, 1.165) is 5.56 Å². The topological polar surface area (TPSA) is 67.4 Å². The highest BCUT2D eigenvalue weighted by Gasteiger charge is 2.05. The van der Waals surface area contributed by atoms with Gasteiger partial charge in [-0.2, -0.15) is 0 Å². The molecule has 0 bridgehead atoms. The second-order valence-electron chi connectivity index (χ2n) is 4.87. The largest absolute Gasteiger partial charge is 0.484 e. The van der Waals surface area contributed by atoms with Gasteiger partial charge in [0.2, 0.25) is 5.91 Å². The zero-order valence-electron chi connectivity index (χ0n) is 12.6. The van der Waals surface area contributed by atoms with Gasteiger partial charge in [0, 0.05) is 30.2 Å². The summed E-state index contributed by atoms with van der Waals surface area (Å²) >= 11 is 6.02. The van der Waals surface area contributed by atoms with E-state index in [1.165, 1.54) is 6.92 Å². The molecule has 23 heavy (non-hydrogen) atoms. The van der Waals surface area contributed by atoms with Crippen molar-refractivity contribution in [2.45, 2.75) is 13.5 Å². The van der Waals surface area contributed by atoms with Crippen LogP contribution < -0.4 is 15.4 Å². The molecule has 2 aromatic carbocycles. The zero-order valence-corrected chi connectivity index (χ0v) is 13.4. The lowest BCUT2D eigenvalue weighted by Gasteiger charge is -2.09. The van der Waals surface area contributed by atoms with E-state index in [2.05, 4.69) is 10.6 Å². The first kappa shape index (κ1) is 16.8. The van der Waals surface area contributed by atoms with E-state index in [1.54, 1.807) is 30.3 Å². The Morgan fingerprint density at radius 3 is 2.65 bits per heavy atom. The fraction of sp³-hybridized carbons (Fsp3) is 0.176. The molecule has 2 N–H and O–H groups in total. The van der Waals surface area contributed by atoms with Crippen molar-refractivity contribution in [3.8, 4) is 5.75 Å². The molecular formula is C17H17ClN2O3. The summed E-state index contributed by atoms with van der Waals surface area (Å²) in [6.45, 7) is 1.65. The summed E-state index contributed by atoms with van der Waals surface area (Å²) in [5, 5.41) is 6.00. The number of carbonyl (C=O) groups is 2. The van der Waals surface area contributed by atoms with Crippen molar-refractivity contribution in [1.29, 1.82) is 0 Å². The first-order chi connectivity index (χ1) is 11.0. The number of halogens is 1. The lowest BCUT2D eigenvalue weighted by atomic mass is 10.2. The molecule has 0 aliphatic heterocycles. The standard InChI is InChI=1S/C17H17ClN2O3/c1-12(21)20-14-6-4-7-15(9-14)23-11-17(22)19-10-13-5-2-3-8-16(13)18/h2-9H,10-11H2,1H3,(H,19,22)(H,20,21). The Labute approximate surface area is 139 Å². The maximum absolute atomic E-state index is 11.8. The summed E-state index contributed by atoms with van der Waals surface area (Å²) in [6.07, 6.45) is 0. The second kappa shape index (κ2) is 8.19. The van der Waals surface area contributed by atoms with Crippen molar-refractivity contribution in [2.75, 3.05) is 11.9 Å². The molecular weight excluding hydrogens is 316 g/mol. The third kappa shape index (κ3) is 5.64. The highest BCUT2D eigenvalue weighted by atomic mass is 35.5. The Hall–Kier alpha value is -2.53. The minimum absolute atomic E-state index is 0.117. The molecule has 0 aliphatic rings. The molecule has 0 aliphatic carbocycles. The zero-order chi connectivity index (χ0) is 16.7. The van der Waals surface area contributed by atoms with Gasteiger partial charge in [-0.3, -0.25) is 9.59 Å². The van der Waals surface area contributed by atoms with Crippen LogP contribution >= 0.6 is 11.6 Å². The minimum Gasteiger partial charge on any atom is -0.484 e. The highest BCUT2D eigenvalue weighted by molar-refractivity contribution is 6.31. The molecule has 6 heteroatoms. The number of rotatable bonds is 6. The summed E-state index contributed by atoms with van der Waals surface area (Å²) in [6, 6.07) is 14.2. The Morgan fingerprint density at radius 2 is 1.91 bits per heavy atom. The van der Waals surface area contributed by atoms with Gasteiger partial charge in [0.05, 0.1) is 0 Å². The number of nitrogens with one attached hydrogen (secondary N) is 2. The molecule has 0 radical (unpaired) electrons. The monoisotopic (exact) mass is 332 g/mol. The van der Waals surface area contributed by atoms with Crippen LogP contribution in [0.15, 0.2) is 48.5 Å². The summed E-state index contributed by atoms with van der Waals surface area (Å²) in [7, 11) is 0. The van der Waals surface area contributed by atoms with Crippen LogP contribution in [0.25, 0.3) is 0 Å². The van der Waals surface area contributed by atoms with Crippen LogP contribution in [0.3, 0.4) is 0 Å². The van der Waals surface area contributed by atoms with Crippen molar-refractivity contribution in [3.05, 3.63) is 59.1 Å². The lowest BCUT2D eigenvalue weighted by Crippen LogP contribution is -2.28. The normalized spacial score (nSPS) is 10.0. The van der Waals surface area contributed by atoms with Crippen molar-refractivity contribution < 1.29 is 14.3 Å². The Balaban J connectivity index is 1.82. The average molecular weight is 333 g/mol. The fourth-order valence-electron chi connectivity index (χ4n) is 1.90. The number of hydrogen-bond acceptors (Lipinski definition) is 3. The predicted molar refractivity (Wildman–Crippen MR) is 89.5 cm³/mol. The van der Waals surface area contributed by atoms with Gasteiger partial charge in [0.25, 0.3) is 5.91 Å². The Kier molecular flexibility index (Phi) is 6.00. The maximum atomic E-state index is 11.8. The molecule has 0 heterocycles. The first-order valence-corrected chi connectivity index (χ1v) is 7.43.